The number of amides is 1. The Morgan fingerprint density at radius 3 is 2.52 bits per heavy atom. The Bertz CT molecular complexity index is 643. The van der Waals surface area contributed by atoms with Gasteiger partial charge in [0, 0.05) is 22.2 Å². The smallest absolute Gasteiger partial charge is 0.264 e. The van der Waals surface area contributed by atoms with Gasteiger partial charge in [0.15, 0.2) is 6.61 Å². The molecule has 2 aromatic carbocycles. The maximum atomic E-state index is 12.2. The van der Waals surface area contributed by atoms with E-state index in [0.29, 0.717) is 10.8 Å². The molecule has 0 spiro atoms. The van der Waals surface area contributed by atoms with Crippen LogP contribution < -0.4 is 9.64 Å². The number of carbonyl (C=O) groups is 1. The van der Waals surface area contributed by atoms with Gasteiger partial charge in [0.05, 0.1) is 0 Å². The number of rotatable bonds is 4. The lowest BCUT2D eigenvalue weighted by molar-refractivity contribution is -0.120. The predicted octanol–water partition coefficient (Wildman–Crippen LogP) is 4.45. The summed E-state index contributed by atoms with van der Waals surface area (Å²) in [6.07, 6.45) is 0. The van der Waals surface area contributed by atoms with Gasteiger partial charge in [-0.05, 0) is 55.0 Å². The molecule has 2 aromatic rings. The Hall–Kier alpha value is -1.52. The van der Waals surface area contributed by atoms with E-state index in [1.165, 1.54) is 0 Å². The van der Waals surface area contributed by atoms with Crippen LogP contribution in [0.25, 0.3) is 0 Å². The van der Waals surface area contributed by atoms with Gasteiger partial charge < -0.3 is 9.64 Å². The Balaban J connectivity index is 2.00. The monoisotopic (exact) mass is 367 g/mol. The number of anilines is 1. The number of aryl methyl sites for hydroxylation is 1. The van der Waals surface area contributed by atoms with E-state index in [9.17, 15) is 4.79 Å². The first-order chi connectivity index (χ1) is 9.97. The molecule has 0 radical (unpaired) electrons. The summed E-state index contributed by atoms with van der Waals surface area (Å²) in [4.78, 5) is 13.8. The minimum absolute atomic E-state index is 0.0202. The van der Waals surface area contributed by atoms with Crippen molar-refractivity contribution in [3.8, 4) is 5.75 Å². The van der Waals surface area contributed by atoms with E-state index >= 15 is 0 Å². The Morgan fingerprint density at radius 2 is 1.90 bits per heavy atom. The zero-order valence-corrected chi connectivity index (χ0v) is 14.1. The summed E-state index contributed by atoms with van der Waals surface area (Å²) < 4.78 is 6.46. The zero-order chi connectivity index (χ0) is 15.4. The van der Waals surface area contributed by atoms with Gasteiger partial charge in [-0.1, -0.05) is 27.5 Å². The minimum Gasteiger partial charge on any atom is -0.484 e. The van der Waals surface area contributed by atoms with Gasteiger partial charge in [0.2, 0.25) is 0 Å². The number of ether oxygens (including phenoxy) is 1. The van der Waals surface area contributed by atoms with E-state index in [1.54, 1.807) is 36.2 Å². The summed E-state index contributed by atoms with van der Waals surface area (Å²) in [7, 11) is 1.74. The van der Waals surface area contributed by atoms with Gasteiger partial charge in [-0.25, -0.2) is 0 Å². The molecule has 0 unspecified atom stereocenters. The SMILES string of the molecule is Cc1cc(Br)ccc1N(C)C(=O)COc1ccc(Cl)cc1. The molecule has 0 aromatic heterocycles. The molecule has 0 aliphatic carbocycles. The number of likely N-dealkylation sites (N-methyl/N-ethyl adjacent to an activating group) is 1. The van der Waals surface area contributed by atoms with Gasteiger partial charge in [-0.15, -0.1) is 0 Å². The summed E-state index contributed by atoms with van der Waals surface area (Å²) in [5.41, 5.74) is 1.88. The van der Waals surface area contributed by atoms with E-state index < -0.39 is 0 Å². The van der Waals surface area contributed by atoms with Crippen molar-refractivity contribution >= 4 is 39.1 Å². The normalized spacial score (nSPS) is 10.3. The first kappa shape index (κ1) is 15.9. The third kappa shape index (κ3) is 4.22. The molecular formula is C16H15BrClNO2. The van der Waals surface area contributed by atoms with Crippen molar-refractivity contribution in [2.45, 2.75) is 6.92 Å². The molecule has 0 N–H and O–H groups in total. The van der Waals surface area contributed by atoms with Crippen LogP contribution in [-0.2, 0) is 4.79 Å². The van der Waals surface area contributed by atoms with E-state index in [0.717, 1.165) is 15.7 Å². The number of carbonyl (C=O) groups excluding carboxylic acids is 1. The van der Waals surface area contributed by atoms with E-state index in [1.807, 2.05) is 25.1 Å². The fourth-order valence-electron chi connectivity index (χ4n) is 1.90. The van der Waals surface area contributed by atoms with E-state index in [4.69, 9.17) is 16.3 Å². The van der Waals surface area contributed by atoms with Crippen molar-refractivity contribution < 1.29 is 9.53 Å². The van der Waals surface area contributed by atoms with Crippen molar-refractivity contribution in [2.75, 3.05) is 18.6 Å². The standard InChI is InChI=1S/C16H15BrClNO2/c1-11-9-12(17)3-8-15(11)19(2)16(20)10-21-14-6-4-13(18)5-7-14/h3-9H,10H2,1-2H3. The Morgan fingerprint density at radius 1 is 1.24 bits per heavy atom. The third-order valence-corrected chi connectivity index (χ3v) is 3.82. The van der Waals surface area contributed by atoms with Crippen molar-refractivity contribution in [1.29, 1.82) is 0 Å². The number of hydrogen-bond acceptors (Lipinski definition) is 2. The highest BCUT2D eigenvalue weighted by Crippen LogP contribution is 2.23. The second-order valence-corrected chi connectivity index (χ2v) is 5.98. The maximum Gasteiger partial charge on any atom is 0.264 e. The van der Waals surface area contributed by atoms with Gasteiger partial charge >= 0.3 is 0 Å². The molecule has 0 aliphatic rings. The molecule has 0 bridgehead atoms. The second-order valence-electron chi connectivity index (χ2n) is 4.63. The number of nitrogens with zero attached hydrogens (tertiary/aromatic N) is 1. The van der Waals surface area contributed by atoms with Crippen LogP contribution >= 0.6 is 27.5 Å². The molecule has 1 amide bonds. The molecule has 0 heterocycles. The first-order valence-electron chi connectivity index (χ1n) is 6.38. The Kier molecular flexibility index (Phi) is 5.26. The van der Waals surface area contributed by atoms with Crippen LogP contribution in [0.3, 0.4) is 0 Å². The van der Waals surface area contributed by atoms with E-state index in [2.05, 4.69) is 15.9 Å². The molecule has 0 aliphatic heterocycles. The van der Waals surface area contributed by atoms with Gasteiger partial charge in [0.25, 0.3) is 5.91 Å². The molecule has 21 heavy (non-hydrogen) atoms. The predicted molar refractivity (Wildman–Crippen MR) is 89.2 cm³/mol. The summed E-state index contributed by atoms with van der Waals surface area (Å²) in [6, 6.07) is 12.7. The lowest BCUT2D eigenvalue weighted by atomic mass is 10.2. The maximum absolute atomic E-state index is 12.2. The number of benzene rings is 2. The molecule has 0 fully saturated rings. The van der Waals surface area contributed by atoms with Crippen LogP contribution in [0.5, 0.6) is 5.75 Å². The van der Waals surface area contributed by atoms with Crippen molar-refractivity contribution in [3.63, 3.8) is 0 Å². The molecule has 110 valence electrons. The van der Waals surface area contributed by atoms with Gasteiger partial charge in [0.1, 0.15) is 5.75 Å². The molecular weight excluding hydrogens is 354 g/mol. The summed E-state index contributed by atoms with van der Waals surface area (Å²) >= 11 is 9.21. The molecule has 0 saturated heterocycles. The van der Waals surface area contributed by atoms with Crippen LogP contribution in [0.2, 0.25) is 5.02 Å². The molecule has 5 heteroatoms. The van der Waals surface area contributed by atoms with Crippen LogP contribution in [0.1, 0.15) is 5.56 Å². The van der Waals surface area contributed by atoms with E-state index in [-0.39, 0.29) is 12.5 Å². The highest BCUT2D eigenvalue weighted by atomic mass is 79.9. The molecule has 2 rings (SSSR count). The molecule has 0 saturated carbocycles. The summed E-state index contributed by atoms with van der Waals surface area (Å²) in [6.45, 7) is 1.94. The lowest BCUT2D eigenvalue weighted by Crippen LogP contribution is -2.31. The number of halogens is 2. The summed E-state index contributed by atoms with van der Waals surface area (Å²) in [5, 5.41) is 0.635. The fraction of sp³-hybridized carbons (Fsp3) is 0.188. The van der Waals surface area contributed by atoms with Gasteiger partial charge in [-0.3, -0.25) is 4.79 Å². The topological polar surface area (TPSA) is 29.5 Å². The minimum atomic E-state index is -0.115. The van der Waals surface area contributed by atoms with Crippen molar-refractivity contribution in [1.82, 2.24) is 0 Å². The van der Waals surface area contributed by atoms with Crippen molar-refractivity contribution in [2.24, 2.45) is 0 Å². The molecule has 0 atom stereocenters. The first-order valence-corrected chi connectivity index (χ1v) is 7.55. The van der Waals surface area contributed by atoms with Crippen molar-refractivity contribution in [3.05, 3.63) is 57.5 Å². The second kappa shape index (κ2) is 6.96. The van der Waals surface area contributed by atoms with Crippen LogP contribution in [0, 0.1) is 6.92 Å². The zero-order valence-electron chi connectivity index (χ0n) is 11.8. The lowest BCUT2D eigenvalue weighted by Gasteiger charge is -2.20. The molecule has 3 nitrogen and oxygen atoms in total. The average molecular weight is 369 g/mol. The van der Waals surface area contributed by atoms with Gasteiger partial charge in [-0.2, -0.15) is 0 Å². The van der Waals surface area contributed by atoms with Crippen LogP contribution in [0.4, 0.5) is 5.69 Å². The number of hydrogen-bond donors (Lipinski definition) is 0. The van der Waals surface area contributed by atoms with Crippen LogP contribution in [0.15, 0.2) is 46.9 Å². The van der Waals surface area contributed by atoms with Crippen LogP contribution in [-0.4, -0.2) is 19.6 Å². The highest BCUT2D eigenvalue weighted by Gasteiger charge is 2.13. The quantitative estimate of drug-likeness (QED) is 0.798. The third-order valence-electron chi connectivity index (χ3n) is 3.07. The highest BCUT2D eigenvalue weighted by molar-refractivity contribution is 9.10. The summed E-state index contributed by atoms with van der Waals surface area (Å²) in [5.74, 6) is 0.504. The average Bonchev–Trinajstić information content (AvgIpc) is 2.45. The largest absolute Gasteiger partial charge is 0.484 e. The Labute approximate surface area is 137 Å². The fourth-order valence-corrected chi connectivity index (χ4v) is 2.50.